The molecule has 1 heterocycles. The third-order valence-electron chi connectivity index (χ3n) is 4.82. The second-order valence-electron chi connectivity index (χ2n) is 5.97. The largest absolute Gasteiger partial charge is 0.377 e. The van der Waals surface area contributed by atoms with Crippen LogP contribution in [0.5, 0.6) is 0 Å². The van der Waals surface area contributed by atoms with E-state index >= 15 is 0 Å². The maximum absolute atomic E-state index is 5.87. The zero-order chi connectivity index (χ0) is 13.1. The van der Waals surface area contributed by atoms with Crippen molar-refractivity contribution in [3.8, 4) is 0 Å². The Kier molecular flexibility index (Phi) is 4.19. The van der Waals surface area contributed by atoms with Gasteiger partial charge in [-0.25, -0.2) is 0 Å². The molecule has 3 unspecified atom stereocenters. The zero-order valence-corrected chi connectivity index (χ0v) is 11.9. The molecule has 3 rings (SSSR count). The molecule has 2 aliphatic rings. The van der Waals surface area contributed by atoms with Crippen LogP contribution in [0, 0.1) is 0 Å². The van der Waals surface area contributed by atoms with E-state index in [2.05, 4.69) is 36.6 Å². The minimum absolute atomic E-state index is 0.430. The highest BCUT2D eigenvalue weighted by Crippen LogP contribution is 2.36. The van der Waals surface area contributed by atoms with Gasteiger partial charge in [-0.3, -0.25) is 0 Å². The summed E-state index contributed by atoms with van der Waals surface area (Å²) in [5.74, 6) is 0.714. The number of benzene rings is 1. The van der Waals surface area contributed by atoms with E-state index < -0.39 is 0 Å². The first-order valence-electron chi connectivity index (χ1n) is 7.75. The molecule has 1 N–H and O–H groups in total. The van der Waals surface area contributed by atoms with E-state index in [0.717, 1.165) is 6.61 Å². The minimum atomic E-state index is 0.430. The lowest BCUT2D eigenvalue weighted by atomic mass is 9.79. The average Bonchev–Trinajstić information content (AvgIpc) is 2.99. The summed E-state index contributed by atoms with van der Waals surface area (Å²) in [5.41, 5.74) is 3.16. The van der Waals surface area contributed by atoms with E-state index in [1.54, 1.807) is 11.1 Å². The predicted molar refractivity (Wildman–Crippen MR) is 78.6 cm³/mol. The molecule has 1 aromatic rings. The fraction of sp³-hybridized carbons (Fsp3) is 0.647. The number of ether oxygens (including phenoxy) is 1. The minimum Gasteiger partial charge on any atom is -0.377 e. The third-order valence-corrected chi connectivity index (χ3v) is 4.82. The van der Waals surface area contributed by atoms with Gasteiger partial charge in [0.25, 0.3) is 0 Å². The van der Waals surface area contributed by atoms with E-state index in [1.165, 1.54) is 38.5 Å². The number of rotatable bonds is 4. The van der Waals surface area contributed by atoms with Gasteiger partial charge in [-0.15, -0.1) is 0 Å². The second-order valence-corrected chi connectivity index (χ2v) is 5.97. The summed E-state index contributed by atoms with van der Waals surface area (Å²) in [6.45, 7) is 0.949. The standard InChI is InChI=1S/C17H25NO/c1-18-16(17-10-5-11-19-17)12-14-8-4-7-13-6-2-3-9-15(13)14/h2-3,6,9,14,16-18H,4-5,7-8,10-12H2,1H3. The number of hydrogen-bond donors (Lipinski definition) is 1. The molecule has 0 spiro atoms. The number of hydrogen-bond acceptors (Lipinski definition) is 2. The maximum atomic E-state index is 5.87. The molecule has 2 nitrogen and oxygen atoms in total. The van der Waals surface area contributed by atoms with Crippen molar-refractivity contribution in [3.63, 3.8) is 0 Å². The Bertz CT molecular complexity index is 411. The molecule has 104 valence electrons. The monoisotopic (exact) mass is 259 g/mol. The summed E-state index contributed by atoms with van der Waals surface area (Å²) in [7, 11) is 2.08. The van der Waals surface area contributed by atoms with Crippen LogP contribution in [0.1, 0.15) is 49.1 Å². The Morgan fingerprint density at radius 3 is 2.95 bits per heavy atom. The lowest BCUT2D eigenvalue weighted by molar-refractivity contribution is 0.0750. The van der Waals surface area contributed by atoms with Crippen molar-refractivity contribution in [3.05, 3.63) is 35.4 Å². The highest BCUT2D eigenvalue weighted by molar-refractivity contribution is 5.32. The van der Waals surface area contributed by atoms with Crippen LogP contribution in [-0.4, -0.2) is 25.8 Å². The molecule has 19 heavy (non-hydrogen) atoms. The highest BCUT2D eigenvalue weighted by Gasteiger charge is 2.29. The highest BCUT2D eigenvalue weighted by atomic mass is 16.5. The number of aryl methyl sites for hydroxylation is 1. The van der Waals surface area contributed by atoms with Gasteiger partial charge in [-0.05, 0) is 62.6 Å². The topological polar surface area (TPSA) is 21.3 Å². The van der Waals surface area contributed by atoms with Crippen molar-refractivity contribution in [2.45, 2.75) is 56.6 Å². The van der Waals surface area contributed by atoms with Gasteiger partial charge in [0.15, 0.2) is 0 Å². The van der Waals surface area contributed by atoms with E-state index in [0.29, 0.717) is 18.1 Å². The number of nitrogens with one attached hydrogen (secondary N) is 1. The van der Waals surface area contributed by atoms with Gasteiger partial charge < -0.3 is 10.1 Å². The molecule has 3 atom stereocenters. The molecular formula is C17H25NO. The van der Waals surface area contributed by atoms with Crippen LogP contribution in [0.3, 0.4) is 0 Å². The Morgan fingerprint density at radius 1 is 1.26 bits per heavy atom. The first-order chi connectivity index (χ1) is 9.38. The van der Waals surface area contributed by atoms with Crippen LogP contribution in [0.15, 0.2) is 24.3 Å². The van der Waals surface area contributed by atoms with Crippen molar-refractivity contribution in [1.82, 2.24) is 5.32 Å². The molecule has 0 aromatic heterocycles. The van der Waals surface area contributed by atoms with Crippen LogP contribution in [-0.2, 0) is 11.2 Å². The molecule has 2 heteroatoms. The van der Waals surface area contributed by atoms with Gasteiger partial charge >= 0.3 is 0 Å². The SMILES string of the molecule is CNC(CC1CCCc2ccccc21)C1CCCO1. The van der Waals surface area contributed by atoms with Crippen molar-refractivity contribution in [2.75, 3.05) is 13.7 Å². The molecule has 1 aliphatic carbocycles. The van der Waals surface area contributed by atoms with Gasteiger partial charge in [0.2, 0.25) is 0 Å². The first kappa shape index (κ1) is 13.1. The summed E-state index contributed by atoms with van der Waals surface area (Å²) in [6, 6.07) is 9.52. The van der Waals surface area contributed by atoms with Gasteiger partial charge in [-0.2, -0.15) is 0 Å². The molecule has 0 amide bonds. The molecule has 1 aromatic carbocycles. The van der Waals surface area contributed by atoms with Gasteiger partial charge in [0.1, 0.15) is 0 Å². The Balaban J connectivity index is 1.72. The van der Waals surface area contributed by atoms with E-state index in [4.69, 9.17) is 4.74 Å². The molecular weight excluding hydrogens is 234 g/mol. The quantitative estimate of drug-likeness (QED) is 0.896. The number of likely N-dealkylation sites (N-methyl/N-ethyl adjacent to an activating group) is 1. The van der Waals surface area contributed by atoms with E-state index in [-0.39, 0.29) is 0 Å². The van der Waals surface area contributed by atoms with Crippen LogP contribution < -0.4 is 5.32 Å². The molecule has 1 fully saturated rings. The average molecular weight is 259 g/mol. The summed E-state index contributed by atoms with van der Waals surface area (Å²) in [6.07, 6.45) is 8.03. The zero-order valence-electron chi connectivity index (χ0n) is 11.9. The Hall–Kier alpha value is -0.860. The molecule has 0 radical (unpaired) electrons. The lowest BCUT2D eigenvalue weighted by Gasteiger charge is -2.31. The van der Waals surface area contributed by atoms with Crippen LogP contribution >= 0.6 is 0 Å². The summed E-state index contributed by atoms with van der Waals surface area (Å²) in [4.78, 5) is 0. The van der Waals surface area contributed by atoms with Crippen molar-refractivity contribution < 1.29 is 4.74 Å². The molecule has 1 aliphatic heterocycles. The van der Waals surface area contributed by atoms with Crippen molar-refractivity contribution in [1.29, 1.82) is 0 Å². The summed E-state index contributed by atoms with van der Waals surface area (Å²) < 4.78 is 5.87. The van der Waals surface area contributed by atoms with Crippen LogP contribution in [0.25, 0.3) is 0 Å². The third kappa shape index (κ3) is 2.85. The van der Waals surface area contributed by atoms with Gasteiger partial charge in [0.05, 0.1) is 6.10 Å². The smallest absolute Gasteiger partial charge is 0.0728 e. The lowest BCUT2D eigenvalue weighted by Crippen LogP contribution is -2.38. The summed E-state index contributed by atoms with van der Waals surface area (Å²) >= 11 is 0. The van der Waals surface area contributed by atoms with E-state index in [9.17, 15) is 0 Å². The Morgan fingerprint density at radius 2 is 2.16 bits per heavy atom. The normalized spacial score (nSPS) is 28.1. The Labute approximate surface area is 116 Å². The van der Waals surface area contributed by atoms with Crippen molar-refractivity contribution >= 4 is 0 Å². The maximum Gasteiger partial charge on any atom is 0.0728 e. The van der Waals surface area contributed by atoms with Crippen molar-refractivity contribution in [2.24, 2.45) is 0 Å². The number of fused-ring (bicyclic) bond motifs is 1. The van der Waals surface area contributed by atoms with Gasteiger partial charge in [-0.1, -0.05) is 24.3 Å². The molecule has 0 bridgehead atoms. The fourth-order valence-electron chi connectivity index (χ4n) is 3.78. The van der Waals surface area contributed by atoms with Crippen LogP contribution in [0.2, 0.25) is 0 Å². The van der Waals surface area contributed by atoms with Gasteiger partial charge in [0, 0.05) is 12.6 Å². The molecule has 0 saturated carbocycles. The second kappa shape index (κ2) is 6.06. The summed E-state index contributed by atoms with van der Waals surface area (Å²) in [5, 5.41) is 3.50. The predicted octanol–water partition coefficient (Wildman–Crippen LogP) is 3.26. The fourth-order valence-corrected chi connectivity index (χ4v) is 3.78. The molecule has 1 saturated heterocycles. The first-order valence-corrected chi connectivity index (χ1v) is 7.75. The van der Waals surface area contributed by atoms with Crippen LogP contribution in [0.4, 0.5) is 0 Å². The van der Waals surface area contributed by atoms with E-state index in [1.807, 2.05) is 0 Å².